The number of unbranched alkanes of at least 4 members (excludes halogenated alkanes) is 1. The van der Waals surface area contributed by atoms with Crippen molar-refractivity contribution in [3.63, 3.8) is 0 Å². The largest absolute Gasteiger partial charge is 0.380 e. The van der Waals surface area contributed by atoms with Crippen molar-refractivity contribution in [2.24, 2.45) is 0 Å². The highest BCUT2D eigenvalue weighted by Gasteiger charge is 2.24. The molecule has 3 aromatic heterocycles. The zero-order valence-electron chi connectivity index (χ0n) is 19.0. The molecular weight excluding hydrogens is 448 g/mol. The number of nitrogens with zero attached hydrogens (tertiary/aromatic N) is 3. The number of sulfonamides is 1. The zero-order valence-corrected chi connectivity index (χ0v) is 19.8. The number of hydrogen-bond acceptors (Lipinski definition) is 5. The molecule has 4 N–H and O–H groups in total. The molecule has 9 heteroatoms. The molecule has 0 unspecified atom stereocenters. The number of anilines is 1. The first-order chi connectivity index (χ1) is 16.5. The lowest BCUT2D eigenvalue weighted by atomic mass is 10.2. The number of aromatic nitrogens is 4. The van der Waals surface area contributed by atoms with Gasteiger partial charge in [-0.3, -0.25) is 4.98 Å². The maximum Gasteiger partial charge on any atom is 0.255 e. The fourth-order valence-electron chi connectivity index (χ4n) is 4.41. The number of pyridine rings is 2. The molecule has 2 aromatic carbocycles. The Balaban J connectivity index is 1.51. The summed E-state index contributed by atoms with van der Waals surface area (Å²) in [5.74, 6) is 1.44. The third kappa shape index (κ3) is 3.97. The summed E-state index contributed by atoms with van der Waals surface area (Å²) in [5.41, 5.74) is 9.29. The molecule has 174 valence electrons. The number of nitrogen functional groups attached to an aromatic ring is 1. The molecule has 0 spiro atoms. The number of para-hydroxylation sites is 2. The van der Waals surface area contributed by atoms with Crippen LogP contribution in [0.2, 0.25) is 0 Å². The van der Waals surface area contributed by atoms with Crippen LogP contribution in [-0.2, 0) is 23.0 Å². The van der Waals surface area contributed by atoms with Gasteiger partial charge < -0.3 is 5.73 Å². The minimum atomic E-state index is -3.75. The number of aromatic amines is 1. The quantitative estimate of drug-likeness (QED) is 0.297. The predicted octanol–water partition coefficient (Wildman–Crippen LogP) is 3.46. The van der Waals surface area contributed by atoms with Crippen molar-refractivity contribution in [3.8, 4) is 0 Å². The second-order valence-corrected chi connectivity index (χ2v) is 10.0. The van der Waals surface area contributed by atoms with E-state index in [4.69, 9.17) is 5.73 Å². The van der Waals surface area contributed by atoms with Gasteiger partial charge in [0.2, 0.25) is 15.5 Å². The van der Waals surface area contributed by atoms with Crippen molar-refractivity contribution < 1.29 is 13.0 Å². The molecule has 0 aliphatic rings. The van der Waals surface area contributed by atoms with Crippen LogP contribution >= 0.6 is 0 Å². The highest BCUT2D eigenvalue weighted by Crippen LogP contribution is 2.25. The Kier molecular flexibility index (Phi) is 5.89. The summed E-state index contributed by atoms with van der Waals surface area (Å²) in [5, 5.41) is 1.76. The third-order valence-corrected chi connectivity index (χ3v) is 7.53. The van der Waals surface area contributed by atoms with Gasteiger partial charge in [-0.2, -0.15) is 0 Å². The summed E-state index contributed by atoms with van der Waals surface area (Å²) >= 11 is 0. The van der Waals surface area contributed by atoms with Gasteiger partial charge in [-0.15, -0.1) is 0 Å². The minimum Gasteiger partial charge on any atom is -0.380 e. The molecule has 0 saturated heterocycles. The van der Waals surface area contributed by atoms with E-state index in [-0.39, 0.29) is 11.4 Å². The van der Waals surface area contributed by atoms with Gasteiger partial charge in [-0.05, 0) is 30.7 Å². The van der Waals surface area contributed by atoms with Crippen molar-refractivity contribution in [2.45, 2.75) is 37.6 Å². The number of benzene rings is 2. The Morgan fingerprint density at radius 3 is 2.76 bits per heavy atom. The lowest BCUT2D eigenvalue weighted by Crippen LogP contribution is -2.43. The second-order valence-electron chi connectivity index (χ2n) is 8.29. The van der Waals surface area contributed by atoms with E-state index in [2.05, 4.69) is 31.2 Å². The van der Waals surface area contributed by atoms with E-state index < -0.39 is 10.0 Å². The number of aryl methyl sites for hydroxylation is 1. The van der Waals surface area contributed by atoms with Crippen LogP contribution in [0.25, 0.3) is 32.8 Å². The molecule has 0 amide bonds. The molecule has 0 bridgehead atoms. The van der Waals surface area contributed by atoms with Crippen molar-refractivity contribution in [3.05, 3.63) is 66.6 Å². The number of nitrogens with two attached hydrogens (primary N) is 1. The Labute approximate surface area is 197 Å². The van der Waals surface area contributed by atoms with Gasteiger partial charge in [0, 0.05) is 24.5 Å². The molecule has 5 aromatic rings. The Morgan fingerprint density at radius 2 is 1.91 bits per heavy atom. The molecule has 0 saturated carbocycles. The molecule has 0 radical (unpaired) electrons. The molecule has 8 nitrogen and oxygen atoms in total. The van der Waals surface area contributed by atoms with Gasteiger partial charge in [0.05, 0.1) is 16.4 Å². The first-order valence-corrected chi connectivity index (χ1v) is 12.9. The van der Waals surface area contributed by atoms with Crippen molar-refractivity contribution in [1.29, 1.82) is 0 Å². The summed E-state index contributed by atoms with van der Waals surface area (Å²) in [6, 6.07) is 16.7. The van der Waals surface area contributed by atoms with Crippen LogP contribution in [0.15, 0.2) is 65.7 Å². The highest BCUT2D eigenvalue weighted by atomic mass is 32.2. The highest BCUT2D eigenvalue weighted by molar-refractivity contribution is 7.89. The lowest BCUT2D eigenvalue weighted by Gasteiger charge is -2.09. The van der Waals surface area contributed by atoms with Crippen LogP contribution in [0.5, 0.6) is 0 Å². The summed E-state index contributed by atoms with van der Waals surface area (Å²) in [4.78, 5) is 12.5. The fraction of sp³-hybridized carbons (Fsp3) is 0.240. The van der Waals surface area contributed by atoms with Crippen LogP contribution < -0.4 is 15.0 Å². The van der Waals surface area contributed by atoms with Gasteiger partial charge >= 0.3 is 0 Å². The Hall–Kier alpha value is -3.56. The van der Waals surface area contributed by atoms with Gasteiger partial charge in [0.25, 0.3) is 5.82 Å². The number of fused-ring (bicyclic) bond motifs is 4. The maximum absolute atomic E-state index is 13.2. The summed E-state index contributed by atoms with van der Waals surface area (Å²) in [6.45, 7) is 2.81. The van der Waals surface area contributed by atoms with E-state index in [9.17, 15) is 8.42 Å². The van der Waals surface area contributed by atoms with E-state index in [1.54, 1.807) is 24.4 Å². The Morgan fingerprint density at radius 1 is 1.09 bits per heavy atom. The van der Waals surface area contributed by atoms with Crippen molar-refractivity contribution >= 4 is 48.7 Å². The molecular formula is C25H27N6O2S+. The number of nitrogens with one attached hydrogen (secondary N) is 2. The van der Waals surface area contributed by atoms with Crippen molar-refractivity contribution in [2.75, 3.05) is 12.3 Å². The van der Waals surface area contributed by atoms with Gasteiger partial charge in [-0.25, -0.2) is 27.7 Å². The van der Waals surface area contributed by atoms with Crippen LogP contribution in [0.3, 0.4) is 0 Å². The summed E-state index contributed by atoms with van der Waals surface area (Å²) in [6.07, 6.45) is 4.49. The average Bonchev–Trinajstić information content (AvgIpc) is 3.21. The standard InChI is InChI=1S/C25H26N6O2S/c1-2-3-13-21-30-23-24(18-10-4-5-11-19(18)29-25(23)26)31(21)16-15-28-34(32,33)20-12-6-8-17-9-7-14-27-22(17)20/h4-12,14,28H,2-3,13,15-16H2,1H3,(H2,26,29)/p+1. The number of imidazole rings is 1. The van der Waals surface area contributed by atoms with E-state index in [0.29, 0.717) is 17.9 Å². The minimum absolute atomic E-state index is 0.180. The number of rotatable bonds is 8. The second kappa shape index (κ2) is 9.00. The molecule has 34 heavy (non-hydrogen) atoms. The third-order valence-electron chi connectivity index (χ3n) is 6.04. The van der Waals surface area contributed by atoms with Gasteiger partial charge in [0.15, 0.2) is 11.3 Å². The normalized spacial score (nSPS) is 12.1. The van der Waals surface area contributed by atoms with E-state index in [1.807, 2.05) is 36.4 Å². The van der Waals surface area contributed by atoms with E-state index in [1.165, 1.54) is 0 Å². The first kappa shape index (κ1) is 22.2. The monoisotopic (exact) mass is 475 g/mol. The van der Waals surface area contributed by atoms with E-state index >= 15 is 0 Å². The number of hydrogen-bond donors (Lipinski definition) is 3. The molecule has 0 fully saturated rings. The SMILES string of the molecule is CCCCc1[nH]c2c(N)nc3ccccc3c2[n+]1CCNS(=O)(=O)c1cccc2cccnc12. The fourth-order valence-corrected chi connectivity index (χ4v) is 5.61. The molecule has 3 heterocycles. The van der Waals surface area contributed by atoms with E-state index in [0.717, 1.165) is 52.4 Å². The predicted molar refractivity (Wildman–Crippen MR) is 134 cm³/mol. The first-order valence-electron chi connectivity index (χ1n) is 11.4. The van der Waals surface area contributed by atoms with Crippen LogP contribution in [0.1, 0.15) is 25.6 Å². The average molecular weight is 476 g/mol. The van der Waals surface area contributed by atoms with Crippen LogP contribution in [0.4, 0.5) is 5.82 Å². The molecule has 0 aliphatic heterocycles. The van der Waals surface area contributed by atoms with Gasteiger partial charge in [0.1, 0.15) is 11.4 Å². The molecule has 0 atom stereocenters. The summed E-state index contributed by atoms with van der Waals surface area (Å²) in [7, 11) is -3.75. The lowest BCUT2D eigenvalue weighted by molar-refractivity contribution is -0.675. The number of H-pyrrole nitrogens is 1. The topological polar surface area (TPSA) is 118 Å². The van der Waals surface area contributed by atoms with Crippen molar-refractivity contribution in [1.82, 2.24) is 19.7 Å². The molecule has 5 rings (SSSR count). The zero-order chi connectivity index (χ0) is 23.7. The Bertz CT molecular complexity index is 1610. The van der Waals surface area contributed by atoms with Gasteiger partial charge in [-0.1, -0.05) is 43.7 Å². The maximum atomic E-state index is 13.2. The van der Waals surface area contributed by atoms with Crippen LogP contribution in [-0.4, -0.2) is 29.9 Å². The summed E-state index contributed by atoms with van der Waals surface area (Å²) < 4.78 is 31.2. The van der Waals surface area contributed by atoms with Crippen LogP contribution in [0, 0.1) is 0 Å². The molecule has 0 aliphatic carbocycles. The smallest absolute Gasteiger partial charge is 0.255 e.